The van der Waals surface area contributed by atoms with Gasteiger partial charge in [0.05, 0.1) is 11.6 Å². The summed E-state index contributed by atoms with van der Waals surface area (Å²) < 4.78 is 18.4. The van der Waals surface area contributed by atoms with Crippen LogP contribution in [-0.2, 0) is 4.79 Å². The van der Waals surface area contributed by atoms with E-state index in [9.17, 15) is 9.18 Å². The lowest BCUT2D eigenvalue weighted by molar-refractivity contribution is -0.123. The molecule has 0 aliphatic heterocycles. The summed E-state index contributed by atoms with van der Waals surface area (Å²) in [5, 5.41) is 11.3. The van der Waals surface area contributed by atoms with Gasteiger partial charge < -0.3 is 10.1 Å². The van der Waals surface area contributed by atoms with Crippen molar-refractivity contribution in [1.82, 2.24) is 5.32 Å². The second-order valence-corrected chi connectivity index (χ2v) is 3.89. The van der Waals surface area contributed by atoms with Crippen molar-refractivity contribution in [3.05, 3.63) is 29.6 Å². The highest BCUT2D eigenvalue weighted by Crippen LogP contribution is 2.19. The van der Waals surface area contributed by atoms with Gasteiger partial charge >= 0.3 is 0 Å². The number of halogens is 1. The normalized spacial score (nSPS) is 13.9. The molecular formula is C12H11FN2O2. The third kappa shape index (κ3) is 3.18. The average molecular weight is 234 g/mol. The molecule has 1 N–H and O–H groups in total. The fourth-order valence-corrected chi connectivity index (χ4v) is 1.33. The van der Waals surface area contributed by atoms with Gasteiger partial charge in [-0.25, -0.2) is 4.39 Å². The van der Waals surface area contributed by atoms with Crippen molar-refractivity contribution >= 4 is 5.91 Å². The Hall–Kier alpha value is -2.09. The third-order valence-electron chi connectivity index (χ3n) is 2.36. The van der Waals surface area contributed by atoms with Gasteiger partial charge in [0.1, 0.15) is 0 Å². The first kappa shape index (κ1) is 11.4. The van der Waals surface area contributed by atoms with E-state index in [1.165, 1.54) is 12.1 Å². The van der Waals surface area contributed by atoms with Crippen LogP contribution in [0.2, 0.25) is 0 Å². The van der Waals surface area contributed by atoms with Crippen molar-refractivity contribution in [3.63, 3.8) is 0 Å². The van der Waals surface area contributed by atoms with Crippen molar-refractivity contribution in [3.8, 4) is 11.8 Å². The van der Waals surface area contributed by atoms with Gasteiger partial charge in [0.15, 0.2) is 18.2 Å². The van der Waals surface area contributed by atoms with E-state index in [1.54, 1.807) is 0 Å². The summed E-state index contributed by atoms with van der Waals surface area (Å²) in [5.74, 6) is -0.908. The molecule has 0 saturated heterocycles. The van der Waals surface area contributed by atoms with E-state index in [2.05, 4.69) is 5.32 Å². The van der Waals surface area contributed by atoms with E-state index in [4.69, 9.17) is 10.00 Å². The number of carbonyl (C=O) groups excluding carboxylic acids is 1. The SMILES string of the molecule is N#Cc1ccc(OCC(=O)NC2CC2)c(F)c1. The van der Waals surface area contributed by atoms with Crippen molar-refractivity contribution in [1.29, 1.82) is 5.26 Å². The lowest BCUT2D eigenvalue weighted by Crippen LogP contribution is -2.30. The summed E-state index contributed by atoms with van der Waals surface area (Å²) in [6.45, 7) is -0.209. The zero-order valence-corrected chi connectivity index (χ0v) is 9.07. The Morgan fingerprint density at radius 1 is 1.59 bits per heavy atom. The van der Waals surface area contributed by atoms with E-state index in [0.29, 0.717) is 0 Å². The van der Waals surface area contributed by atoms with Gasteiger partial charge in [0.2, 0.25) is 0 Å². The number of benzene rings is 1. The Bertz CT molecular complexity index is 478. The summed E-state index contributed by atoms with van der Waals surface area (Å²) in [4.78, 5) is 11.3. The van der Waals surface area contributed by atoms with Crippen LogP contribution in [0.5, 0.6) is 5.75 Å². The fraction of sp³-hybridized carbons (Fsp3) is 0.333. The predicted molar refractivity (Wildman–Crippen MR) is 57.8 cm³/mol. The smallest absolute Gasteiger partial charge is 0.258 e. The van der Waals surface area contributed by atoms with Gasteiger partial charge in [0, 0.05) is 6.04 Å². The lowest BCUT2D eigenvalue weighted by Gasteiger charge is -2.07. The molecule has 0 heterocycles. The van der Waals surface area contributed by atoms with E-state index in [-0.39, 0.29) is 29.9 Å². The molecule has 5 heteroatoms. The number of nitrogens with one attached hydrogen (secondary N) is 1. The van der Waals surface area contributed by atoms with E-state index < -0.39 is 5.82 Å². The minimum Gasteiger partial charge on any atom is -0.481 e. The number of hydrogen-bond donors (Lipinski definition) is 1. The first-order valence-electron chi connectivity index (χ1n) is 5.31. The van der Waals surface area contributed by atoms with Gasteiger partial charge in [-0.2, -0.15) is 5.26 Å². The molecule has 88 valence electrons. The molecule has 17 heavy (non-hydrogen) atoms. The first-order chi connectivity index (χ1) is 8.19. The van der Waals surface area contributed by atoms with E-state index in [1.807, 2.05) is 6.07 Å². The Labute approximate surface area is 98.0 Å². The van der Waals surface area contributed by atoms with Gasteiger partial charge in [0.25, 0.3) is 5.91 Å². The highest BCUT2D eigenvalue weighted by Gasteiger charge is 2.23. The van der Waals surface area contributed by atoms with Crippen molar-refractivity contribution in [2.75, 3.05) is 6.61 Å². The quantitative estimate of drug-likeness (QED) is 0.855. The molecule has 0 radical (unpaired) electrons. The number of amides is 1. The minimum absolute atomic E-state index is 0.0186. The summed E-state index contributed by atoms with van der Waals surface area (Å²) in [6.07, 6.45) is 1.99. The molecule has 1 fully saturated rings. The Balaban J connectivity index is 1.89. The number of nitriles is 1. The van der Waals surface area contributed by atoms with Crippen LogP contribution in [0.1, 0.15) is 18.4 Å². The molecule has 0 unspecified atom stereocenters. The van der Waals surface area contributed by atoms with Crippen LogP contribution in [0.15, 0.2) is 18.2 Å². The Morgan fingerprint density at radius 2 is 2.35 bits per heavy atom. The van der Waals surface area contributed by atoms with Crippen LogP contribution in [0, 0.1) is 17.1 Å². The number of carbonyl (C=O) groups is 1. The highest BCUT2D eigenvalue weighted by molar-refractivity contribution is 5.78. The molecule has 2 rings (SSSR count). The summed E-state index contributed by atoms with van der Waals surface area (Å²) >= 11 is 0. The Morgan fingerprint density at radius 3 is 2.94 bits per heavy atom. The fourth-order valence-electron chi connectivity index (χ4n) is 1.33. The Kier molecular flexibility index (Phi) is 3.24. The first-order valence-corrected chi connectivity index (χ1v) is 5.31. The standard InChI is InChI=1S/C12H11FN2O2/c13-10-5-8(6-14)1-4-11(10)17-7-12(16)15-9-2-3-9/h1,4-5,9H,2-3,7H2,(H,15,16). The van der Waals surface area contributed by atoms with E-state index >= 15 is 0 Å². The summed E-state index contributed by atoms with van der Waals surface area (Å²) in [6, 6.07) is 5.95. The average Bonchev–Trinajstić information content (AvgIpc) is 3.11. The minimum atomic E-state index is -0.636. The molecule has 1 aliphatic carbocycles. The van der Waals surface area contributed by atoms with Gasteiger partial charge in [-0.3, -0.25) is 4.79 Å². The molecule has 1 aromatic rings. The third-order valence-corrected chi connectivity index (χ3v) is 2.36. The number of nitrogens with zero attached hydrogens (tertiary/aromatic N) is 1. The van der Waals surface area contributed by atoms with Crippen LogP contribution in [0.3, 0.4) is 0 Å². The van der Waals surface area contributed by atoms with Crippen molar-refractivity contribution < 1.29 is 13.9 Å². The second kappa shape index (κ2) is 4.83. The number of ether oxygens (including phenoxy) is 1. The van der Waals surface area contributed by atoms with Gasteiger partial charge in [-0.1, -0.05) is 0 Å². The molecule has 0 bridgehead atoms. The lowest BCUT2D eigenvalue weighted by atomic mass is 10.2. The van der Waals surface area contributed by atoms with Crippen molar-refractivity contribution in [2.24, 2.45) is 0 Å². The van der Waals surface area contributed by atoms with E-state index in [0.717, 1.165) is 18.9 Å². The molecule has 4 nitrogen and oxygen atoms in total. The maximum absolute atomic E-state index is 13.4. The molecule has 0 aromatic heterocycles. The topological polar surface area (TPSA) is 62.1 Å². The van der Waals surface area contributed by atoms with Crippen LogP contribution < -0.4 is 10.1 Å². The van der Waals surface area contributed by atoms with Crippen LogP contribution in [0.4, 0.5) is 4.39 Å². The molecular weight excluding hydrogens is 223 g/mol. The molecule has 1 saturated carbocycles. The molecule has 0 spiro atoms. The number of rotatable bonds is 4. The zero-order valence-electron chi connectivity index (χ0n) is 9.07. The molecule has 1 aliphatic rings. The zero-order chi connectivity index (χ0) is 12.3. The van der Waals surface area contributed by atoms with Crippen LogP contribution >= 0.6 is 0 Å². The highest BCUT2D eigenvalue weighted by atomic mass is 19.1. The second-order valence-electron chi connectivity index (χ2n) is 3.89. The largest absolute Gasteiger partial charge is 0.481 e. The van der Waals surface area contributed by atoms with Crippen molar-refractivity contribution in [2.45, 2.75) is 18.9 Å². The predicted octanol–water partition coefficient (Wildman–Crippen LogP) is 1.35. The van der Waals surface area contributed by atoms with Gasteiger partial charge in [-0.15, -0.1) is 0 Å². The monoisotopic (exact) mass is 234 g/mol. The molecule has 1 aromatic carbocycles. The number of hydrogen-bond acceptors (Lipinski definition) is 3. The maximum Gasteiger partial charge on any atom is 0.258 e. The molecule has 1 amide bonds. The summed E-state index contributed by atoms with van der Waals surface area (Å²) in [5.41, 5.74) is 0.220. The van der Waals surface area contributed by atoms with Gasteiger partial charge in [-0.05, 0) is 31.0 Å². The molecule has 0 atom stereocenters. The van der Waals surface area contributed by atoms with Crippen LogP contribution in [0.25, 0.3) is 0 Å². The maximum atomic E-state index is 13.4. The summed E-state index contributed by atoms with van der Waals surface area (Å²) in [7, 11) is 0. The van der Waals surface area contributed by atoms with Crippen LogP contribution in [-0.4, -0.2) is 18.6 Å².